The molecule has 2 aromatic carbocycles. The van der Waals surface area contributed by atoms with Crippen LogP contribution in [-0.4, -0.2) is 0 Å². The molecular weight excluding hydrogens is 288 g/mol. The lowest BCUT2D eigenvalue weighted by molar-refractivity contribution is 0.590. The molecule has 122 valence electrons. The molecule has 0 fully saturated rings. The first kappa shape index (κ1) is 17.9. The lowest BCUT2D eigenvalue weighted by Gasteiger charge is -2.18. The number of hydrogen-bond donors (Lipinski definition) is 0. The third kappa shape index (κ3) is 5.04. The Morgan fingerprint density at radius 2 is 0.792 bits per heavy atom. The Bertz CT molecular complexity index is 724. The first-order valence-corrected chi connectivity index (χ1v) is 8.39. The van der Waals surface area contributed by atoms with Gasteiger partial charge in [0.25, 0.3) is 0 Å². The second-order valence-electron chi connectivity index (χ2n) is 8.15. The monoisotopic (exact) mass is 314 g/mol. The van der Waals surface area contributed by atoms with Crippen molar-refractivity contribution >= 4 is 0 Å². The quantitative estimate of drug-likeness (QED) is 0.548. The van der Waals surface area contributed by atoms with E-state index >= 15 is 0 Å². The van der Waals surface area contributed by atoms with Gasteiger partial charge in [0.2, 0.25) is 0 Å². The fourth-order valence-corrected chi connectivity index (χ4v) is 2.31. The normalized spacial score (nSPS) is 11.1. The largest absolute Gasteiger partial charge is 0.0573 e. The molecule has 0 bridgehead atoms. The molecule has 0 saturated heterocycles. The molecular formula is C24H26. The van der Waals surface area contributed by atoms with E-state index in [9.17, 15) is 0 Å². The molecule has 0 N–H and O–H groups in total. The molecule has 0 aliphatic rings. The van der Waals surface area contributed by atoms with E-state index in [1.54, 1.807) is 0 Å². The molecule has 0 aromatic heterocycles. The molecule has 0 heterocycles. The third-order valence-corrected chi connectivity index (χ3v) is 3.98. The third-order valence-electron chi connectivity index (χ3n) is 3.98. The fraction of sp³-hybridized carbons (Fsp3) is 0.333. The van der Waals surface area contributed by atoms with Gasteiger partial charge in [-0.15, -0.1) is 0 Å². The van der Waals surface area contributed by atoms with Crippen molar-refractivity contribution in [3.8, 4) is 23.7 Å². The number of rotatable bonds is 0. The van der Waals surface area contributed by atoms with E-state index in [1.807, 2.05) is 0 Å². The number of benzene rings is 2. The van der Waals surface area contributed by atoms with Crippen LogP contribution in [0.3, 0.4) is 0 Å². The maximum absolute atomic E-state index is 3.11. The summed E-state index contributed by atoms with van der Waals surface area (Å²) in [4.78, 5) is 0. The highest BCUT2D eigenvalue weighted by atomic mass is 14.2. The maximum Gasteiger partial charge on any atom is 0.0255 e. The van der Waals surface area contributed by atoms with Crippen molar-refractivity contribution in [2.45, 2.75) is 52.4 Å². The Morgan fingerprint density at radius 3 is 1.04 bits per heavy atom. The molecule has 2 aromatic rings. The minimum absolute atomic E-state index is 0.172. The van der Waals surface area contributed by atoms with Crippen molar-refractivity contribution in [2.75, 3.05) is 0 Å². The summed E-state index contributed by atoms with van der Waals surface area (Å²) >= 11 is 0. The maximum atomic E-state index is 3.11. The van der Waals surface area contributed by atoms with Crippen LogP contribution in [0.1, 0.15) is 63.8 Å². The minimum Gasteiger partial charge on any atom is -0.0573 e. The SMILES string of the molecule is CC(C)(C)c1ccc(C#CC#Cc2ccc(C(C)(C)C)cc2)cc1. The highest BCUT2D eigenvalue weighted by molar-refractivity contribution is 5.46. The Morgan fingerprint density at radius 1 is 0.500 bits per heavy atom. The molecule has 0 aliphatic carbocycles. The molecule has 0 unspecified atom stereocenters. The Hall–Kier alpha value is -2.44. The van der Waals surface area contributed by atoms with Crippen LogP contribution < -0.4 is 0 Å². The lowest BCUT2D eigenvalue weighted by atomic mass is 9.87. The van der Waals surface area contributed by atoms with Gasteiger partial charge in [-0.3, -0.25) is 0 Å². The van der Waals surface area contributed by atoms with Crippen molar-refractivity contribution < 1.29 is 0 Å². The standard InChI is InChI=1S/C24H26/c1-23(2,3)21-15-11-19(12-16-21)9-7-8-10-20-13-17-22(18-14-20)24(4,5)6/h11-18H,1-6H3. The van der Waals surface area contributed by atoms with Crippen LogP contribution in [0.15, 0.2) is 48.5 Å². The summed E-state index contributed by atoms with van der Waals surface area (Å²) in [5.74, 6) is 12.1. The van der Waals surface area contributed by atoms with Gasteiger partial charge in [-0.1, -0.05) is 77.6 Å². The van der Waals surface area contributed by atoms with E-state index in [4.69, 9.17) is 0 Å². The minimum atomic E-state index is 0.172. The van der Waals surface area contributed by atoms with Gasteiger partial charge in [0.1, 0.15) is 0 Å². The Kier molecular flexibility index (Phi) is 5.21. The van der Waals surface area contributed by atoms with Gasteiger partial charge < -0.3 is 0 Å². The van der Waals surface area contributed by atoms with Crippen LogP contribution in [0, 0.1) is 23.7 Å². The summed E-state index contributed by atoms with van der Waals surface area (Å²) < 4.78 is 0. The summed E-state index contributed by atoms with van der Waals surface area (Å²) in [6, 6.07) is 16.8. The molecule has 0 spiro atoms. The highest BCUT2D eigenvalue weighted by Gasteiger charge is 2.13. The van der Waals surface area contributed by atoms with Crippen molar-refractivity contribution in [2.24, 2.45) is 0 Å². The van der Waals surface area contributed by atoms with E-state index in [-0.39, 0.29) is 10.8 Å². The predicted molar refractivity (Wildman–Crippen MR) is 104 cm³/mol. The van der Waals surface area contributed by atoms with E-state index < -0.39 is 0 Å². The topological polar surface area (TPSA) is 0 Å². The number of hydrogen-bond acceptors (Lipinski definition) is 0. The van der Waals surface area contributed by atoms with E-state index in [0.29, 0.717) is 0 Å². The van der Waals surface area contributed by atoms with Gasteiger partial charge in [0.05, 0.1) is 0 Å². The van der Waals surface area contributed by atoms with Crippen LogP contribution >= 0.6 is 0 Å². The molecule has 2 rings (SSSR count). The summed E-state index contributed by atoms with van der Waals surface area (Å²) in [5, 5.41) is 0. The van der Waals surface area contributed by atoms with Crippen LogP contribution in [0.2, 0.25) is 0 Å². The molecule has 0 atom stereocenters. The molecule has 0 amide bonds. The van der Waals surface area contributed by atoms with Gasteiger partial charge in [0.15, 0.2) is 0 Å². The van der Waals surface area contributed by atoms with Crippen molar-refractivity contribution in [1.82, 2.24) is 0 Å². The molecule has 0 aliphatic heterocycles. The zero-order valence-electron chi connectivity index (χ0n) is 15.6. The average molecular weight is 314 g/mol. The van der Waals surface area contributed by atoms with Gasteiger partial charge in [-0.05, 0) is 58.1 Å². The zero-order chi connectivity index (χ0) is 17.8. The molecule has 0 heteroatoms. The van der Waals surface area contributed by atoms with Gasteiger partial charge in [-0.25, -0.2) is 0 Å². The fourth-order valence-electron chi connectivity index (χ4n) is 2.31. The smallest absolute Gasteiger partial charge is 0.0255 e. The Balaban J connectivity index is 2.07. The van der Waals surface area contributed by atoms with Crippen LogP contribution in [0.4, 0.5) is 0 Å². The summed E-state index contributed by atoms with van der Waals surface area (Å²) in [7, 11) is 0. The van der Waals surface area contributed by atoms with Crippen LogP contribution in [0.25, 0.3) is 0 Å². The zero-order valence-corrected chi connectivity index (χ0v) is 15.6. The van der Waals surface area contributed by atoms with Crippen LogP contribution in [0.5, 0.6) is 0 Å². The first-order valence-electron chi connectivity index (χ1n) is 8.39. The first-order chi connectivity index (χ1) is 11.2. The summed E-state index contributed by atoms with van der Waals surface area (Å²) in [5.41, 5.74) is 4.98. The van der Waals surface area contributed by atoms with Gasteiger partial charge >= 0.3 is 0 Å². The van der Waals surface area contributed by atoms with Gasteiger partial charge in [-0.2, -0.15) is 0 Å². The van der Waals surface area contributed by atoms with Crippen LogP contribution in [-0.2, 0) is 10.8 Å². The average Bonchev–Trinajstić information content (AvgIpc) is 2.51. The second-order valence-corrected chi connectivity index (χ2v) is 8.15. The summed E-state index contributed by atoms with van der Waals surface area (Å²) in [6.07, 6.45) is 0. The van der Waals surface area contributed by atoms with Crippen molar-refractivity contribution in [3.05, 3.63) is 70.8 Å². The van der Waals surface area contributed by atoms with E-state index in [0.717, 1.165) is 11.1 Å². The molecule has 0 saturated carbocycles. The summed E-state index contributed by atoms with van der Waals surface area (Å²) in [6.45, 7) is 13.3. The van der Waals surface area contributed by atoms with E-state index in [1.165, 1.54) is 11.1 Å². The molecule has 24 heavy (non-hydrogen) atoms. The van der Waals surface area contributed by atoms with Gasteiger partial charge in [0, 0.05) is 11.1 Å². The molecule has 0 nitrogen and oxygen atoms in total. The second kappa shape index (κ2) is 6.98. The van der Waals surface area contributed by atoms with Crippen molar-refractivity contribution in [3.63, 3.8) is 0 Å². The Labute approximate surface area is 147 Å². The van der Waals surface area contributed by atoms with E-state index in [2.05, 4.69) is 114 Å². The lowest BCUT2D eigenvalue weighted by Crippen LogP contribution is -2.10. The van der Waals surface area contributed by atoms with Crippen molar-refractivity contribution in [1.29, 1.82) is 0 Å². The molecule has 0 radical (unpaired) electrons. The highest BCUT2D eigenvalue weighted by Crippen LogP contribution is 2.22. The predicted octanol–water partition coefficient (Wildman–Crippen LogP) is 5.68.